The minimum absolute atomic E-state index is 0.0588. The van der Waals surface area contributed by atoms with Crippen LogP contribution in [0, 0.1) is 6.92 Å². The highest BCUT2D eigenvalue weighted by atomic mass is 32.2. The molecule has 2 aromatic rings. The van der Waals surface area contributed by atoms with Crippen molar-refractivity contribution in [3.63, 3.8) is 0 Å². The van der Waals surface area contributed by atoms with Gasteiger partial charge >= 0.3 is 0 Å². The smallest absolute Gasteiger partial charge is 0.251 e. The summed E-state index contributed by atoms with van der Waals surface area (Å²) in [6, 6.07) is 7.64. The normalized spacial score (nSPS) is 20.0. The number of hydrogen-bond donors (Lipinski definition) is 1. The molecule has 1 atom stereocenters. The van der Waals surface area contributed by atoms with Crippen molar-refractivity contribution in [1.82, 2.24) is 24.4 Å². The number of nitrogens with zero attached hydrogens (tertiary/aromatic N) is 4. The molecule has 0 spiro atoms. The maximum atomic E-state index is 12.6. The lowest BCUT2D eigenvalue weighted by atomic mass is 9.90. The molecule has 1 amide bonds. The fourth-order valence-electron chi connectivity index (χ4n) is 4.34. The molecule has 1 N–H and O–H groups in total. The van der Waals surface area contributed by atoms with Crippen molar-refractivity contribution in [1.29, 1.82) is 0 Å². The Morgan fingerprint density at radius 1 is 1.20 bits per heavy atom. The summed E-state index contributed by atoms with van der Waals surface area (Å²) < 4.78 is 28.6. The molecule has 2 aliphatic rings. The number of piperidine rings is 1. The van der Waals surface area contributed by atoms with Gasteiger partial charge in [0.25, 0.3) is 5.91 Å². The molecule has 1 aromatic carbocycles. The third kappa shape index (κ3) is 4.57. The Bertz CT molecular complexity index is 1010. The van der Waals surface area contributed by atoms with Gasteiger partial charge in [-0.3, -0.25) is 4.79 Å². The van der Waals surface area contributed by atoms with Crippen LogP contribution in [0.25, 0.3) is 0 Å². The number of amides is 1. The fourth-order valence-corrected chi connectivity index (χ4v) is 5.77. The van der Waals surface area contributed by atoms with E-state index in [0.717, 1.165) is 55.9 Å². The van der Waals surface area contributed by atoms with Gasteiger partial charge in [0.2, 0.25) is 10.0 Å². The molecule has 9 heteroatoms. The van der Waals surface area contributed by atoms with Crippen LogP contribution in [0.1, 0.15) is 59.2 Å². The first-order chi connectivity index (χ1) is 14.4. The molecule has 1 fully saturated rings. The highest BCUT2D eigenvalue weighted by Crippen LogP contribution is 2.29. The Balaban J connectivity index is 1.35. The first-order valence-corrected chi connectivity index (χ1v) is 12.3. The molecule has 3 heterocycles. The number of aromatic nitrogens is 3. The second-order valence-electron chi connectivity index (χ2n) is 8.17. The number of carbonyl (C=O) groups excluding carboxylic acids is 1. The molecule has 1 aromatic heterocycles. The summed E-state index contributed by atoms with van der Waals surface area (Å²) in [6.07, 6.45) is 4.75. The second-order valence-corrected chi connectivity index (χ2v) is 10.3. The van der Waals surface area contributed by atoms with Gasteiger partial charge in [0.15, 0.2) is 0 Å². The third-order valence-corrected chi connectivity index (χ3v) is 7.98. The molecule has 2 aliphatic heterocycles. The third-order valence-electron chi connectivity index (χ3n) is 6.11. The average Bonchev–Trinajstić information content (AvgIpc) is 3.14. The van der Waals surface area contributed by atoms with Crippen LogP contribution in [-0.2, 0) is 23.0 Å². The average molecular weight is 432 g/mol. The highest BCUT2D eigenvalue weighted by Gasteiger charge is 2.25. The van der Waals surface area contributed by atoms with Crippen LogP contribution in [-0.4, -0.2) is 58.8 Å². The van der Waals surface area contributed by atoms with Crippen LogP contribution in [0.3, 0.4) is 0 Å². The number of benzene rings is 1. The molecule has 8 nitrogen and oxygen atoms in total. The van der Waals surface area contributed by atoms with Crippen LogP contribution in [0.15, 0.2) is 24.3 Å². The molecule has 0 radical (unpaired) electrons. The molecule has 30 heavy (non-hydrogen) atoms. The highest BCUT2D eigenvalue weighted by molar-refractivity contribution is 7.89. The number of carbonyl (C=O) groups is 1. The molecule has 162 valence electrons. The first-order valence-electron chi connectivity index (χ1n) is 10.7. The van der Waals surface area contributed by atoms with E-state index in [1.165, 1.54) is 0 Å². The molecule has 0 bridgehead atoms. The molecule has 0 unspecified atom stereocenters. The lowest BCUT2D eigenvalue weighted by Gasteiger charge is -2.26. The van der Waals surface area contributed by atoms with Crippen molar-refractivity contribution in [2.75, 3.05) is 25.4 Å². The van der Waals surface area contributed by atoms with Crippen LogP contribution >= 0.6 is 0 Å². The van der Waals surface area contributed by atoms with E-state index in [4.69, 9.17) is 0 Å². The van der Waals surface area contributed by atoms with E-state index in [0.29, 0.717) is 24.6 Å². The number of sulfonamides is 1. The number of rotatable bonds is 6. The Labute approximate surface area is 177 Å². The van der Waals surface area contributed by atoms with E-state index in [2.05, 4.69) is 20.1 Å². The molecule has 0 aliphatic carbocycles. The maximum absolute atomic E-state index is 12.6. The summed E-state index contributed by atoms with van der Waals surface area (Å²) in [5.41, 5.74) is 1.68. The molecule has 4 rings (SSSR count). The van der Waals surface area contributed by atoms with Crippen LogP contribution in [0.4, 0.5) is 0 Å². The van der Waals surface area contributed by atoms with E-state index in [9.17, 15) is 13.2 Å². The largest absolute Gasteiger partial charge is 0.351 e. The van der Waals surface area contributed by atoms with E-state index < -0.39 is 10.0 Å². The zero-order valence-corrected chi connectivity index (χ0v) is 18.2. The summed E-state index contributed by atoms with van der Waals surface area (Å²) in [4.78, 5) is 12.6. The predicted molar refractivity (Wildman–Crippen MR) is 114 cm³/mol. The summed E-state index contributed by atoms with van der Waals surface area (Å²) in [7, 11) is -3.31. The summed E-state index contributed by atoms with van der Waals surface area (Å²) >= 11 is 0. The van der Waals surface area contributed by atoms with E-state index in [1.807, 2.05) is 25.1 Å². The lowest BCUT2D eigenvalue weighted by molar-refractivity contribution is 0.0956. The van der Waals surface area contributed by atoms with Gasteiger partial charge in [-0.25, -0.2) is 12.7 Å². The van der Waals surface area contributed by atoms with Gasteiger partial charge in [0, 0.05) is 44.1 Å². The van der Waals surface area contributed by atoms with Crippen molar-refractivity contribution < 1.29 is 13.2 Å². The van der Waals surface area contributed by atoms with E-state index in [1.54, 1.807) is 10.4 Å². The van der Waals surface area contributed by atoms with Gasteiger partial charge in [0.1, 0.15) is 11.6 Å². The van der Waals surface area contributed by atoms with Crippen LogP contribution < -0.4 is 5.32 Å². The Morgan fingerprint density at radius 3 is 2.80 bits per heavy atom. The molecule has 1 saturated heterocycles. The number of fused-ring (bicyclic) bond motifs is 1. The van der Waals surface area contributed by atoms with Crippen molar-refractivity contribution in [2.24, 2.45) is 0 Å². The summed E-state index contributed by atoms with van der Waals surface area (Å²) in [5.74, 6) is 1.95. The molecular formula is C21H29N5O3S. The quantitative estimate of drug-likeness (QED) is 0.753. The monoisotopic (exact) mass is 431 g/mol. The van der Waals surface area contributed by atoms with Crippen molar-refractivity contribution in [3.8, 4) is 0 Å². The second kappa shape index (κ2) is 8.85. The van der Waals surface area contributed by atoms with Crippen LogP contribution in [0.2, 0.25) is 0 Å². The SMILES string of the molecule is Cc1nnc2n1C[C@H](c1cccc(C(=O)NCCS(=O)(=O)N3CCCCC3)c1)CC2. The maximum Gasteiger partial charge on any atom is 0.251 e. The van der Waals surface area contributed by atoms with Crippen molar-refractivity contribution in [2.45, 2.75) is 51.5 Å². The Kier molecular flexibility index (Phi) is 6.19. The lowest BCUT2D eigenvalue weighted by Crippen LogP contribution is -2.40. The zero-order chi connectivity index (χ0) is 21.1. The predicted octanol–water partition coefficient (Wildman–Crippen LogP) is 1.86. The van der Waals surface area contributed by atoms with Gasteiger partial charge < -0.3 is 9.88 Å². The first kappa shape index (κ1) is 21.0. The van der Waals surface area contributed by atoms with E-state index in [-0.39, 0.29) is 18.2 Å². The van der Waals surface area contributed by atoms with Gasteiger partial charge in [0.05, 0.1) is 5.75 Å². The van der Waals surface area contributed by atoms with Crippen LogP contribution in [0.5, 0.6) is 0 Å². The summed E-state index contributed by atoms with van der Waals surface area (Å²) in [6.45, 7) is 4.07. The molecule has 0 saturated carbocycles. The van der Waals surface area contributed by atoms with Crippen molar-refractivity contribution in [3.05, 3.63) is 47.0 Å². The van der Waals surface area contributed by atoms with Gasteiger partial charge in [-0.1, -0.05) is 18.6 Å². The fraction of sp³-hybridized carbons (Fsp3) is 0.571. The summed E-state index contributed by atoms with van der Waals surface area (Å²) in [5, 5.41) is 11.1. The Hall–Kier alpha value is -2.26. The minimum atomic E-state index is -3.31. The zero-order valence-electron chi connectivity index (χ0n) is 17.4. The van der Waals surface area contributed by atoms with E-state index >= 15 is 0 Å². The standard InChI is InChI=1S/C21H29N5O3S/c1-16-23-24-20-9-8-19(15-26(16)20)17-6-5-7-18(14-17)21(27)22-10-13-30(28,29)25-11-3-2-4-12-25/h5-7,14,19H,2-4,8-13,15H2,1H3,(H,22,27)/t19-/m1/s1. The number of hydrogen-bond acceptors (Lipinski definition) is 5. The number of aryl methyl sites for hydroxylation is 2. The van der Waals surface area contributed by atoms with Gasteiger partial charge in [-0.2, -0.15) is 0 Å². The molecular weight excluding hydrogens is 402 g/mol. The van der Waals surface area contributed by atoms with Crippen molar-refractivity contribution >= 4 is 15.9 Å². The Morgan fingerprint density at radius 2 is 2.00 bits per heavy atom. The minimum Gasteiger partial charge on any atom is -0.351 e. The van der Waals surface area contributed by atoms with Gasteiger partial charge in [-0.15, -0.1) is 10.2 Å². The number of nitrogens with one attached hydrogen (secondary N) is 1. The topological polar surface area (TPSA) is 97.2 Å². The van der Waals surface area contributed by atoms with Gasteiger partial charge in [-0.05, 0) is 43.9 Å².